The van der Waals surface area contributed by atoms with E-state index in [4.69, 9.17) is 0 Å². The zero-order valence-corrected chi connectivity index (χ0v) is 19.3. The van der Waals surface area contributed by atoms with E-state index in [1.165, 1.54) is 46.8 Å². The highest BCUT2D eigenvalue weighted by Gasteiger charge is 2.26. The van der Waals surface area contributed by atoms with E-state index in [-0.39, 0.29) is 29.3 Å². The molecule has 0 aliphatic rings. The predicted molar refractivity (Wildman–Crippen MR) is 127 cm³/mol. The van der Waals surface area contributed by atoms with Crippen molar-refractivity contribution in [1.29, 1.82) is 0 Å². The summed E-state index contributed by atoms with van der Waals surface area (Å²) >= 11 is 1.45. The highest BCUT2D eigenvalue weighted by molar-refractivity contribution is 7.89. The number of rotatable bonds is 7. The summed E-state index contributed by atoms with van der Waals surface area (Å²) in [4.78, 5) is 28.2. The number of sulfonamides is 1. The first-order valence-corrected chi connectivity index (χ1v) is 12.3. The molecule has 2 heterocycles. The van der Waals surface area contributed by atoms with Gasteiger partial charge in [-0.15, -0.1) is 11.3 Å². The van der Waals surface area contributed by atoms with E-state index in [0.717, 1.165) is 21.3 Å². The zero-order chi connectivity index (χ0) is 22.9. The first kappa shape index (κ1) is 22.1. The quantitative estimate of drug-likeness (QED) is 0.407. The van der Waals surface area contributed by atoms with Crippen LogP contribution in [0.5, 0.6) is 0 Å². The van der Waals surface area contributed by atoms with Crippen molar-refractivity contribution in [3.8, 4) is 0 Å². The van der Waals surface area contributed by atoms with Gasteiger partial charge in [-0.25, -0.2) is 8.42 Å². The number of aryl methyl sites for hydroxylation is 1. The van der Waals surface area contributed by atoms with Crippen molar-refractivity contribution in [3.63, 3.8) is 0 Å². The molecule has 164 valence electrons. The summed E-state index contributed by atoms with van der Waals surface area (Å²) < 4.78 is 28.3. The van der Waals surface area contributed by atoms with Gasteiger partial charge in [-0.05, 0) is 54.4 Å². The van der Waals surface area contributed by atoms with Crippen molar-refractivity contribution in [3.05, 3.63) is 98.0 Å². The van der Waals surface area contributed by atoms with Gasteiger partial charge in [0.1, 0.15) is 0 Å². The topological polar surface area (TPSA) is 87.3 Å². The minimum absolute atomic E-state index is 0.0755. The highest BCUT2D eigenvalue weighted by atomic mass is 32.2. The van der Waals surface area contributed by atoms with Crippen molar-refractivity contribution < 1.29 is 13.2 Å². The van der Waals surface area contributed by atoms with Crippen molar-refractivity contribution in [2.24, 2.45) is 0 Å². The maximum Gasteiger partial charge on any atom is 0.252 e. The number of aromatic amines is 1. The number of nitrogens with zero attached hydrogens (tertiary/aromatic N) is 1. The molecule has 32 heavy (non-hydrogen) atoms. The third-order valence-corrected chi connectivity index (χ3v) is 7.99. The summed E-state index contributed by atoms with van der Waals surface area (Å²) in [6.07, 6.45) is 0. The summed E-state index contributed by atoms with van der Waals surface area (Å²) in [5.41, 5.74) is 2.18. The fraction of sp³-hybridized carbons (Fsp3) is 0.167. The van der Waals surface area contributed by atoms with Crippen LogP contribution in [0, 0.1) is 6.92 Å². The van der Waals surface area contributed by atoms with Crippen LogP contribution in [0.25, 0.3) is 10.9 Å². The molecule has 1 N–H and O–H groups in total. The Morgan fingerprint density at radius 2 is 1.78 bits per heavy atom. The van der Waals surface area contributed by atoms with Crippen LogP contribution in [-0.2, 0) is 23.1 Å². The molecular weight excluding hydrogens is 444 g/mol. The number of hydrogen-bond acceptors (Lipinski definition) is 5. The second kappa shape index (κ2) is 8.82. The molecule has 0 radical (unpaired) electrons. The molecule has 0 amide bonds. The average Bonchev–Trinajstić information content (AvgIpc) is 3.28. The SMILES string of the molecule is CC(=O)c1ccc(S(=O)(=O)N(Cc2cccs2)Cc2cc3cccc(C)c3[nH]c2=O)cc1. The van der Waals surface area contributed by atoms with Crippen LogP contribution in [0.4, 0.5) is 0 Å². The number of H-pyrrole nitrogens is 1. The maximum absolute atomic E-state index is 13.5. The molecule has 0 spiro atoms. The Kier molecular flexibility index (Phi) is 6.10. The largest absolute Gasteiger partial charge is 0.321 e. The number of ketones is 1. The van der Waals surface area contributed by atoms with Crippen molar-refractivity contribution in [2.75, 3.05) is 0 Å². The number of benzene rings is 2. The molecule has 2 aromatic heterocycles. The van der Waals surface area contributed by atoms with Gasteiger partial charge in [0.05, 0.1) is 10.4 Å². The van der Waals surface area contributed by atoms with Gasteiger partial charge >= 0.3 is 0 Å². The van der Waals surface area contributed by atoms with Crippen LogP contribution in [0.2, 0.25) is 0 Å². The van der Waals surface area contributed by atoms with Crippen LogP contribution in [0.3, 0.4) is 0 Å². The Hall–Kier alpha value is -3.07. The zero-order valence-electron chi connectivity index (χ0n) is 17.7. The van der Waals surface area contributed by atoms with Gasteiger partial charge in [-0.2, -0.15) is 4.31 Å². The van der Waals surface area contributed by atoms with Crippen LogP contribution in [-0.4, -0.2) is 23.5 Å². The molecule has 0 saturated heterocycles. The van der Waals surface area contributed by atoms with Crippen LogP contribution >= 0.6 is 11.3 Å². The molecule has 0 fully saturated rings. The Morgan fingerprint density at radius 3 is 2.44 bits per heavy atom. The molecule has 4 rings (SSSR count). The lowest BCUT2D eigenvalue weighted by Crippen LogP contribution is -2.32. The lowest BCUT2D eigenvalue weighted by molar-refractivity contribution is 0.101. The Bertz CT molecular complexity index is 1440. The Labute approximate surface area is 190 Å². The first-order chi connectivity index (χ1) is 15.3. The van der Waals surface area contributed by atoms with E-state index >= 15 is 0 Å². The van der Waals surface area contributed by atoms with Gasteiger partial charge < -0.3 is 4.98 Å². The number of hydrogen-bond donors (Lipinski definition) is 1. The molecule has 4 aromatic rings. The minimum atomic E-state index is -3.92. The molecule has 0 aliphatic heterocycles. The molecule has 2 aromatic carbocycles. The molecule has 0 unspecified atom stereocenters. The molecule has 0 aliphatic carbocycles. The number of thiophene rings is 1. The van der Waals surface area contributed by atoms with E-state index in [1.54, 1.807) is 6.07 Å². The second-order valence-corrected chi connectivity index (χ2v) is 10.6. The van der Waals surface area contributed by atoms with Crippen molar-refractivity contribution in [1.82, 2.24) is 9.29 Å². The molecular formula is C24H22N2O4S2. The monoisotopic (exact) mass is 466 g/mol. The number of carbonyl (C=O) groups excluding carboxylic acids is 1. The summed E-state index contributed by atoms with van der Waals surface area (Å²) in [5.74, 6) is -0.137. The Balaban J connectivity index is 1.76. The van der Waals surface area contributed by atoms with Crippen LogP contribution < -0.4 is 5.56 Å². The number of fused-ring (bicyclic) bond motifs is 1. The lowest BCUT2D eigenvalue weighted by Gasteiger charge is -2.22. The molecule has 0 saturated carbocycles. The third-order valence-electron chi connectivity index (χ3n) is 5.32. The van der Waals surface area contributed by atoms with Gasteiger partial charge in [0, 0.05) is 29.1 Å². The number of aromatic nitrogens is 1. The molecule has 8 heteroatoms. The molecule has 0 bridgehead atoms. The summed E-state index contributed by atoms with van der Waals surface area (Å²) in [6, 6.07) is 17.0. The molecule has 0 atom stereocenters. The van der Waals surface area contributed by atoms with E-state index < -0.39 is 10.0 Å². The number of carbonyl (C=O) groups is 1. The van der Waals surface area contributed by atoms with Crippen LogP contribution in [0.15, 0.2) is 75.7 Å². The van der Waals surface area contributed by atoms with Gasteiger partial charge in [-0.1, -0.05) is 36.4 Å². The van der Waals surface area contributed by atoms with Crippen molar-refractivity contribution in [2.45, 2.75) is 31.8 Å². The second-order valence-electron chi connectivity index (χ2n) is 7.60. The standard InChI is InChI=1S/C24H22N2O4S2/c1-16-5-3-6-19-13-20(24(28)25-23(16)19)14-26(15-21-7-4-12-31-21)32(29,30)22-10-8-18(9-11-22)17(2)27/h3-13H,14-15H2,1-2H3,(H,25,28). The summed E-state index contributed by atoms with van der Waals surface area (Å²) in [7, 11) is -3.92. The first-order valence-electron chi connectivity index (χ1n) is 10.0. The maximum atomic E-state index is 13.5. The van der Waals surface area contributed by atoms with Gasteiger partial charge in [-0.3, -0.25) is 9.59 Å². The average molecular weight is 467 g/mol. The van der Waals surface area contributed by atoms with E-state index in [1.807, 2.05) is 42.6 Å². The van der Waals surface area contributed by atoms with E-state index in [0.29, 0.717) is 11.1 Å². The van der Waals surface area contributed by atoms with Crippen LogP contribution in [0.1, 0.15) is 33.3 Å². The third kappa shape index (κ3) is 4.43. The van der Waals surface area contributed by atoms with Crippen molar-refractivity contribution >= 4 is 38.0 Å². The fourth-order valence-electron chi connectivity index (χ4n) is 3.55. The van der Waals surface area contributed by atoms with Gasteiger partial charge in [0.15, 0.2) is 5.78 Å². The predicted octanol–water partition coefficient (Wildman–Crippen LogP) is 4.49. The number of nitrogens with one attached hydrogen (secondary N) is 1. The smallest absolute Gasteiger partial charge is 0.252 e. The normalized spacial score (nSPS) is 11.8. The van der Waals surface area contributed by atoms with E-state index in [9.17, 15) is 18.0 Å². The Morgan fingerprint density at radius 1 is 1.03 bits per heavy atom. The summed E-state index contributed by atoms with van der Waals surface area (Å²) in [5, 5.41) is 2.73. The lowest BCUT2D eigenvalue weighted by atomic mass is 10.1. The number of Topliss-reactive ketones (excluding diaryl/α,β-unsaturated/α-hetero) is 1. The van der Waals surface area contributed by atoms with Gasteiger partial charge in [0.2, 0.25) is 10.0 Å². The minimum Gasteiger partial charge on any atom is -0.321 e. The van der Waals surface area contributed by atoms with E-state index in [2.05, 4.69) is 4.98 Å². The van der Waals surface area contributed by atoms with Gasteiger partial charge in [0.25, 0.3) is 5.56 Å². The molecule has 6 nitrogen and oxygen atoms in total. The highest BCUT2D eigenvalue weighted by Crippen LogP contribution is 2.24. The summed E-state index contributed by atoms with van der Waals surface area (Å²) in [6.45, 7) is 3.41. The number of pyridine rings is 1. The number of para-hydroxylation sites is 1. The fourth-order valence-corrected chi connectivity index (χ4v) is 5.75.